The molecule has 1 atom stereocenters. The summed E-state index contributed by atoms with van der Waals surface area (Å²) in [6, 6.07) is 5.57. The third-order valence-corrected chi connectivity index (χ3v) is 4.65. The summed E-state index contributed by atoms with van der Waals surface area (Å²) < 4.78 is -0.945. The molecule has 0 bridgehead atoms. The van der Waals surface area contributed by atoms with Crippen molar-refractivity contribution < 1.29 is 9.59 Å². The van der Waals surface area contributed by atoms with Gasteiger partial charge < -0.3 is 10.6 Å². The number of rotatable bonds is 4. The van der Waals surface area contributed by atoms with Crippen LogP contribution in [0.25, 0.3) is 0 Å². The van der Waals surface area contributed by atoms with Gasteiger partial charge in [-0.15, -0.1) is 23.2 Å². The van der Waals surface area contributed by atoms with Crippen LogP contribution in [0, 0.1) is 12.8 Å². The highest BCUT2D eigenvalue weighted by molar-refractivity contribution is 6.52. The molecule has 0 spiro atoms. The smallest absolute Gasteiger partial charge is 0.251 e. The number of hydrogen-bond acceptors (Lipinski definition) is 2. The molecule has 0 heterocycles. The second kappa shape index (κ2) is 5.18. The summed E-state index contributed by atoms with van der Waals surface area (Å²) in [4.78, 5) is 24.1. The molecule has 1 unspecified atom stereocenters. The third-order valence-electron chi connectivity index (χ3n) is 3.81. The minimum absolute atomic E-state index is 0.108. The van der Waals surface area contributed by atoms with Gasteiger partial charge in [-0.05, 0) is 43.9 Å². The first-order valence-electron chi connectivity index (χ1n) is 6.97. The van der Waals surface area contributed by atoms with E-state index in [0.717, 1.165) is 18.4 Å². The number of amides is 2. The quantitative estimate of drug-likeness (QED) is 0.835. The van der Waals surface area contributed by atoms with Gasteiger partial charge >= 0.3 is 0 Å². The fourth-order valence-electron chi connectivity index (χ4n) is 2.11. The van der Waals surface area contributed by atoms with Gasteiger partial charge in [-0.3, -0.25) is 9.59 Å². The molecule has 0 saturated heterocycles. The van der Waals surface area contributed by atoms with E-state index in [4.69, 9.17) is 23.2 Å². The molecule has 3 rings (SSSR count). The third kappa shape index (κ3) is 3.33. The van der Waals surface area contributed by atoms with E-state index < -0.39 is 4.33 Å². The number of anilines is 1. The minimum atomic E-state index is -0.945. The molecule has 2 aliphatic rings. The zero-order valence-electron chi connectivity index (χ0n) is 11.6. The highest BCUT2D eigenvalue weighted by Gasteiger charge is 2.56. The average Bonchev–Trinajstić information content (AvgIpc) is 3.31. The second-order valence-electron chi connectivity index (χ2n) is 5.78. The Morgan fingerprint density at radius 3 is 2.52 bits per heavy atom. The zero-order valence-corrected chi connectivity index (χ0v) is 13.1. The monoisotopic (exact) mass is 326 g/mol. The number of halogens is 2. The lowest BCUT2D eigenvalue weighted by Gasteiger charge is -2.11. The summed E-state index contributed by atoms with van der Waals surface area (Å²) in [5.74, 6) is -0.699. The van der Waals surface area contributed by atoms with E-state index in [0.29, 0.717) is 23.7 Å². The molecule has 4 nitrogen and oxygen atoms in total. The Bertz CT molecular complexity index is 612. The Hall–Kier alpha value is -1.26. The first-order valence-corrected chi connectivity index (χ1v) is 7.72. The van der Waals surface area contributed by atoms with Gasteiger partial charge in [0.25, 0.3) is 5.91 Å². The SMILES string of the molecule is Cc1ccc(C(=O)NC2CC2)cc1NC(=O)C1CC1(Cl)Cl. The average molecular weight is 327 g/mol. The number of carbonyl (C=O) groups is 2. The van der Waals surface area contributed by atoms with Gasteiger partial charge in [-0.25, -0.2) is 0 Å². The molecule has 0 aromatic heterocycles. The first kappa shape index (κ1) is 14.7. The largest absolute Gasteiger partial charge is 0.349 e. The lowest BCUT2D eigenvalue weighted by atomic mass is 10.1. The van der Waals surface area contributed by atoms with Gasteiger partial charge in [0, 0.05) is 17.3 Å². The van der Waals surface area contributed by atoms with Crippen molar-refractivity contribution in [2.45, 2.75) is 36.6 Å². The molecular formula is C15H16Cl2N2O2. The minimum Gasteiger partial charge on any atom is -0.349 e. The molecule has 21 heavy (non-hydrogen) atoms. The number of benzene rings is 1. The van der Waals surface area contributed by atoms with Gasteiger partial charge in [0.15, 0.2) is 0 Å². The lowest BCUT2D eigenvalue weighted by molar-refractivity contribution is -0.117. The number of carbonyl (C=O) groups excluding carboxylic acids is 2. The Balaban J connectivity index is 1.71. The van der Waals surface area contributed by atoms with Gasteiger partial charge in [0.2, 0.25) is 5.91 Å². The van der Waals surface area contributed by atoms with Crippen LogP contribution in [0.1, 0.15) is 35.2 Å². The number of nitrogens with one attached hydrogen (secondary N) is 2. The second-order valence-corrected chi connectivity index (χ2v) is 7.33. The fourth-order valence-corrected chi connectivity index (χ4v) is 2.62. The van der Waals surface area contributed by atoms with Crippen LogP contribution in [-0.4, -0.2) is 22.2 Å². The molecule has 2 N–H and O–H groups in total. The normalized spacial score (nSPS) is 22.5. The van der Waals surface area contributed by atoms with Crippen molar-refractivity contribution in [3.63, 3.8) is 0 Å². The predicted octanol–water partition coefficient (Wildman–Crippen LogP) is 3.02. The molecule has 2 aliphatic carbocycles. The molecule has 2 amide bonds. The molecule has 0 aliphatic heterocycles. The molecule has 1 aromatic carbocycles. The van der Waals surface area contributed by atoms with Gasteiger partial charge in [0.1, 0.15) is 4.33 Å². The van der Waals surface area contributed by atoms with Gasteiger partial charge in [-0.2, -0.15) is 0 Å². The van der Waals surface area contributed by atoms with Gasteiger partial charge in [0.05, 0.1) is 5.92 Å². The Kier molecular flexibility index (Phi) is 3.62. The van der Waals surface area contributed by atoms with Crippen LogP contribution in [0.4, 0.5) is 5.69 Å². The molecule has 112 valence electrons. The van der Waals surface area contributed by atoms with E-state index >= 15 is 0 Å². The van der Waals surface area contributed by atoms with Crippen molar-refractivity contribution in [2.24, 2.45) is 5.92 Å². The Labute approximate surface area is 133 Å². The molecular weight excluding hydrogens is 311 g/mol. The maximum atomic E-state index is 12.0. The van der Waals surface area contributed by atoms with Gasteiger partial charge in [-0.1, -0.05) is 6.07 Å². The fraction of sp³-hybridized carbons (Fsp3) is 0.467. The Morgan fingerprint density at radius 1 is 1.29 bits per heavy atom. The van der Waals surface area contributed by atoms with E-state index in [-0.39, 0.29) is 17.7 Å². The molecule has 2 fully saturated rings. The number of aryl methyl sites for hydroxylation is 1. The van der Waals surface area contributed by atoms with Crippen LogP contribution in [0.3, 0.4) is 0 Å². The van der Waals surface area contributed by atoms with Crippen molar-refractivity contribution in [2.75, 3.05) is 5.32 Å². The topological polar surface area (TPSA) is 58.2 Å². The van der Waals surface area contributed by atoms with E-state index in [9.17, 15) is 9.59 Å². The lowest BCUT2D eigenvalue weighted by Crippen LogP contribution is -2.25. The van der Waals surface area contributed by atoms with Crippen molar-refractivity contribution >= 4 is 40.7 Å². The molecule has 0 radical (unpaired) electrons. The summed E-state index contributed by atoms with van der Waals surface area (Å²) >= 11 is 11.8. The Morgan fingerprint density at radius 2 is 1.95 bits per heavy atom. The highest BCUT2D eigenvalue weighted by Crippen LogP contribution is 2.53. The van der Waals surface area contributed by atoms with Crippen LogP contribution in [-0.2, 0) is 4.79 Å². The molecule has 6 heteroatoms. The van der Waals surface area contributed by atoms with E-state index in [1.165, 1.54) is 0 Å². The summed E-state index contributed by atoms with van der Waals surface area (Å²) in [7, 11) is 0. The first-order chi connectivity index (χ1) is 9.87. The van der Waals surface area contributed by atoms with E-state index in [2.05, 4.69) is 10.6 Å². The van der Waals surface area contributed by atoms with Crippen LogP contribution < -0.4 is 10.6 Å². The maximum Gasteiger partial charge on any atom is 0.251 e. The van der Waals surface area contributed by atoms with E-state index in [1.54, 1.807) is 12.1 Å². The predicted molar refractivity (Wildman–Crippen MR) is 82.8 cm³/mol. The van der Waals surface area contributed by atoms with Crippen molar-refractivity contribution in [3.8, 4) is 0 Å². The number of alkyl halides is 2. The van der Waals surface area contributed by atoms with Crippen molar-refractivity contribution in [1.29, 1.82) is 0 Å². The zero-order chi connectivity index (χ0) is 15.2. The van der Waals surface area contributed by atoms with Crippen LogP contribution in [0.5, 0.6) is 0 Å². The highest BCUT2D eigenvalue weighted by atomic mass is 35.5. The van der Waals surface area contributed by atoms with E-state index in [1.807, 2.05) is 13.0 Å². The maximum absolute atomic E-state index is 12.0. The molecule has 2 saturated carbocycles. The molecule has 1 aromatic rings. The van der Waals surface area contributed by atoms with Crippen LogP contribution in [0.15, 0.2) is 18.2 Å². The van der Waals surface area contributed by atoms with Crippen molar-refractivity contribution in [3.05, 3.63) is 29.3 Å². The standard InChI is InChI=1S/C15H16Cl2N2O2/c1-8-2-3-9(13(20)18-10-4-5-10)6-12(8)19-14(21)11-7-15(11,16)17/h2-3,6,10-11H,4-5,7H2,1H3,(H,18,20)(H,19,21). The summed E-state index contributed by atoms with van der Waals surface area (Å²) in [5, 5.41) is 5.73. The summed E-state index contributed by atoms with van der Waals surface area (Å²) in [5.41, 5.74) is 2.06. The summed E-state index contributed by atoms with van der Waals surface area (Å²) in [6.45, 7) is 1.87. The van der Waals surface area contributed by atoms with Crippen molar-refractivity contribution in [1.82, 2.24) is 5.32 Å². The van der Waals surface area contributed by atoms with Crippen LogP contribution >= 0.6 is 23.2 Å². The summed E-state index contributed by atoms with van der Waals surface area (Å²) in [6.07, 6.45) is 2.54. The van der Waals surface area contributed by atoms with Crippen LogP contribution in [0.2, 0.25) is 0 Å². The number of hydrogen-bond donors (Lipinski definition) is 2.